The van der Waals surface area contributed by atoms with Gasteiger partial charge in [0.25, 0.3) is 0 Å². The Hall–Kier alpha value is -2.25. The quantitative estimate of drug-likeness (QED) is 0.874. The molecule has 2 aromatic rings. The first-order valence-electron chi connectivity index (χ1n) is 10.2. The fourth-order valence-corrected chi connectivity index (χ4v) is 4.90. The van der Waals surface area contributed by atoms with Crippen molar-refractivity contribution >= 4 is 22.5 Å². The number of rotatable bonds is 4. The van der Waals surface area contributed by atoms with Crippen LogP contribution >= 0.6 is 0 Å². The molecule has 2 saturated heterocycles. The lowest BCUT2D eigenvalue weighted by Crippen LogP contribution is -2.42. The Balaban J connectivity index is 1.32. The lowest BCUT2D eigenvalue weighted by molar-refractivity contribution is -0.136. The Bertz CT molecular complexity index is 951. The number of aromatic nitrogens is 3. The molecule has 3 aliphatic rings. The summed E-state index contributed by atoms with van der Waals surface area (Å²) in [4.78, 5) is 19.5. The summed E-state index contributed by atoms with van der Waals surface area (Å²) in [6.45, 7) is 3.86. The molecule has 3 unspecified atom stereocenters. The van der Waals surface area contributed by atoms with Crippen LogP contribution in [0.2, 0.25) is 0 Å². The number of aliphatic hydroxyl groups excluding tert-OH is 1. The van der Waals surface area contributed by atoms with E-state index in [-0.39, 0.29) is 24.5 Å². The topological polar surface area (TPSA) is 80.5 Å². The van der Waals surface area contributed by atoms with E-state index in [2.05, 4.69) is 22.2 Å². The Kier molecular flexibility index (Phi) is 4.44. The highest BCUT2D eigenvalue weighted by molar-refractivity contribution is 5.84. The molecule has 2 bridgehead atoms. The highest BCUT2D eigenvalue weighted by Crippen LogP contribution is 2.40. The number of ether oxygens (including phenoxy) is 1. The number of fused-ring (bicyclic) bond motifs is 3. The summed E-state index contributed by atoms with van der Waals surface area (Å²) in [6.07, 6.45) is 8.37. The number of nitrogens with zero attached hydrogens (tertiary/aromatic N) is 4. The van der Waals surface area contributed by atoms with Crippen LogP contribution in [0, 0.1) is 12.8 Å². The molecular formula is C21H26N4O3. The van der Waals surface area contributed by atoms with E-state index in [0.29, 0.717) is 19.2 Å². The van der Waals surface area contributed by atoms with Gasteiger partial charge in [0.1, 0.15) is 0 Å². The summed E-state index contributed by atoms with van der Waals surface area (Å²) in [5, 5.41) is 14.7. The van der Waals surface area contributed by atoms with E-state index < -0.39 is 0 Å². The molecule has 0 aliphatic carbocycles. The SMILES string of the molecule is Cc1nn(CCO)c2ncc(C3=CCN(C(=O)C4CC5CCC4O5)CC3)cc12. The third kappa shape index (κ3) is 2.93. The second-order valence-electron chi connectivity index (χ2n) is 8.11. The van der Waals surface area contributed by atoms with Gasteiger partial charge >= 0.3 is 0 Å². The van der Waals surface area contributed by atoms with Crippen molar-refractivity contribution in [3.63, 3.8) is 0 Å². The van der Waals surface area contributed by atoms with Gasteiger partial charge in [-0.1, -0.05) is 6.08 Å². The van der Waals surface area contributed by atoms with Gasteiger partial charge in [-0.2, -0.15) is 5.10 Å². The molecule has 5 heterocycles. The molecule has 2 fully saturated rings. The number of hydrogen-bond donors (Lipinski definition) is 1. The first kappa shape index (κ1) is 17.8. The summed E-state index contributed by atoms with van der Waals surface area (Å²) in [5.41, 5.74) is 4.05. The second-order valence-corrected chi connectivity index (χ2v) is 8.11. The van der Waals surface area contributed by atoms with Gasteiger partial charge in [0.15, 0.2) is 5.65 Å². The molecular weight excluding hydrogens is 356 g/mol. The van der Waals surface area contributed by atoms with E-state index in [1.807, 2.05) is 18.0 Å². The highest BCUT2D eigenvalue weighted by Gasteiger charge is 2.45. The smallest absolute Gasteiger partial charge is 0.228 e. The van der Waals surface area contributed by atoms with Gasteiger partial charge < -0.3 is 14.7 Å². The molecule has 7 nitrogen and oxygen atoms in total. The molecule has 148 valence electrons. The zero-order chi connectivity index (χ0) is 19.3. The average Bonchev–Trinajstić information content (AvgIpc) is 3.43. The lowest BCUT2D eigenvalue weighted by Gasteiger charge is -2.30. The maximum Gasteiger partial charge on any atom is 0.228 e. The summed E-state index contributed by atoms with van der Waals surface area (Å²) >= 11 is 0. The van der Waals surface area contributed by atoms with Crippen molar-refractivity contribution in [2.45, 2.75) is 51.4 Å². The van der Waals surface area contributed by atoms with Crippen LogP contribution in [0.4, 0.5) is 0 Å². The van der Waals surface area contributed by atoms with Gasteiger partial charge in [-0.3, -0.25) is 4.79 Å². The van der Waals surface area contributed by atoms with Crippen molar-refractivity contribution in [2.75, 3.05) is 19.7 Å². The minimum atomic E-state index is 0.0440. The molecule has 1 amide bonds. The molecule has 3 aliphatic heterocycles. The number of aliphatic hydroxyl groups is 1. The average molecular weight is 382 g/mol. The number of aryl methyl sites for hydroxylation is 1. The summed E-state index contributed by atoms with van der Waals surface area (Å²) in [5.74, 6) is 0.323. The Morgan fingerprint density at radius 2 is 2.29 bits per heavy atom. The molecule has 28 heavy (non-hydrogen) atoms. The van der Waals surface area contributed by atoms with Crippen LogP contribution in [0.5, 0.6) is 0 Å². The first-order chi connectivity index (χ1) is 13.6. The number of hydrogen-bond acceptors (Lipinski definition) is 5. The van der Waals surface area contributed by atoms with E-state index >= 15 is 0 Å². The van der Waals surface area contributed by atoms with Crippen molar-refractivity contribution < 1.29 is 14.6 Å². The van der Waals surface area contributed by atoms with Gasteiger partial charge in [0, 0.05) is 24.7 Å². The van der Waals surface area contributed by atoms with Gasteiger partial charge in [-0.15, -0.1) is 0 Å². The van der Waals surface area contributed by atoms with Crippen molar-refractivity contribution in [2.24, 2.45) is 5.92 Å². The predicted molar refractivity (Wildman–Crippen MR) is 105 cm³/mol. The number of pyridine rings is 1. The van der Waals surface area contributed by atoms with E-state index in [1.165, 1.54) is 5.57 Å². The van der Waals surface area contributed by atoms with Crippen LogP contribution in [-0.2, 0) is 16.1 Å². The number of amides is 1. The van der Waals surface area contributed by atoms with E-state index in [9.17, 15) is 9.90 Å². The van der Waals surface area contributed by atoms with Crippen LogP contribution < -0.4 is 0 Å². The maximum absolute atomic E-state index is 12.9. The molecule has 7 heteroatoms. The van der Waals surface area contributed by atoms with E-state index in [1.54, 1.807) is 4.68 Å². The Morgan fingerprint density at radius 1 is 1.39 bits per heavy atom. The third-order valence-electron chi connectivity index (χ3n) is 6.40. The van der Waals surface area contributed by atoms with Gasteiger partial charge in [0.2, 0.25) is 5.91 Å². The van der Waals surface area contributed by atoms with Crippen molar-refractivity contribution in [1.82, 2.24) is 19.7 Å². The van der Waals surface area contributed by atoms with Crippen LogP contribution in [-0.4, -0.2) is 62.6 Å². The molecule has 5 rings (SSSR count). The zero-order valence-corrected chi connectivity index (χ0v) is 16.2. The second kappa shape index (κ2) is 6.97. The molecule has 2 aromatic heterocycles. The molecule has 0 spiro atoms. The molecule has 1 N–H and O–H groups in total. The highest BCUT2D eigenvalue weighted by atomic mass is 16.5. The van der Waals surface area contributed by atoms with Crippen molar-refractivity contribution in [3.8, 4) is 0 Å². The third-order valence-corrected chi connectivity index (χ3v) is 6.40. The lowest BCUT2D eigenvalue weighted by atomic mass is 9.87. The predicted octanol–water partition coefficient (Wildman–Crippen LogP) is 1.92. The Morgan fingerprint density at radius 3 is 2.96 bits per heavy atom. The van der Waals surface area contributed by atoms with E-state index in [4.69, 9.17) is 4.74 Å². The summed E-state index contributed by atoms with van der Waals surface area (Å²) < 4.78 is 7.62. The molecule has 3 atom stereocenters. The molecule has 0 radical (unpaired) electrons. The minimum Gasteiger partial charge on any atom is -0.394 e. The fraction of sp³-hybridized carbons (Fsp3) is 0.571. The zero-order valence-electron chi connectivity index (χ0n) is 16.2. The van der Waals surface area contributed by atoms with Gasteiger partial charge in [-0.05, 0) is 49.8 Å². The first-order valence-corrected chi connectivity index (χ1v) is 10.2. The minimum absolute atomic E-state index is 0.0440. The Labute approximate surface area is 164 Å². The fourth-order valence-electron chi connectivity index (χ4n) is 4.90. The van der Waals surface area contributed by atoms with E-state index in [0.717, 1.165) is 54.5 Å². The van der Waals surface area contributed by atoms with Crippen molar-refractivity contribution in [1.29, 1.82) is 0 Å². The van der Waals surface area contributed by atoms with Crippen LogP contribution in [0.1, 0.15) is 36.9 Å². The standard InChI is InChI=1S/C21H26N4O3/c1-13-17-10-15(12-22-20(17)25(23-13)8-9-26)14-4-6-24(7-5-14)21(27)18-11-16-2-3-19(18)28-16/h4,10,12,16,18-19,26H,2-3,5-9,11H2,1H3. The van der Waals surface area contributed by atoms with Crippen LogP contribution in [0.3, 0.4) is 0 Å². The number of carbonyl (C=O) groups is 1. The monoisotopic (exact) mass is 382 g/mol. The normalized spacial score (nSPS) is 26.9. The maximum atomic E-state index is 12.9. The summed E-state index contributed by atoms with van der Waals surface area (Å²) in [7, 11) is 0. The number of carbonyl (C=O) groups excluding carboxylic acids is 1. The van der Waals surface area contributed by atoms with Crippen LogP contribution in [0.15, 0.2) is 18.3 Å². The van der Waals surface area contributed by atoms with Crippen molar-refractivity contribution in [3.05, 3.63) is 29.6 Å². The molecule has 0 aromatic carbocycles. The summed E-state index contributed by atoms with van der Waals surface area (Å²) in [6, 6.07) is 2.13. The molecule has 0 saturated carbocycles. The largest absolute Gasteiger partial charge is 0.394 e. The van der Waals surface area contributed by atoms with Gasteiger partial charge in [-0.25, -0.2) is 9.67 Å². The van der Waals surface area contributed by atoms with Crippen LogP contribution in [0.25, 0.3) is 16.6 Å². The van der Waals surface area contributed by atoms with Gasteiger partial charge in [0.05, 0.1) is 37.0 Å².